The number of fused-ring (bicyclic) bond motifs is 1. The molecule has 3 rings (SSSR count). The van der Waals surface area contributed by atoms with Crippen LogP contribution in [-0.2, 0) is 21.6 Å². The third-order valence-corrected chi connectivity index (χ3v) is 7.48. The van der Waals surface area contributed by atoms with Gasteiger partial charge in [-0.05, 0) is 36.4 Å². The second kappa shape index (κ2) is 7.75. The van der Waals surface area contributed by atoms with Gasteiger partial charge in [-0.15, -0.1) is 0 Å². The lowest BCUT2D eigenvalue weighted by atomic mass is 10.1. The molecule has 1 aromatic heterocycles. The lowest BCUT2D eigenvalue weighted by Gasteiger charge is -2.16. The molecule has 0 unspecified atom stereocenters. The van der Waals surface area contributed by atoms with E-state index in [-0.39, 0.29) is 23.2 Å². The summed E-state index contributed by atoms with van der Waals surface area (Å²) in [6, 6.07) is 4.15. The fourth-order valence-electron chi connectivity index (χ4n) is 2.80. The van der Waals surface area contributed by atoms with Gasteiger partial charge in [-0.25, -0.2) is 4.68 Å². The molecular formula is C17H22ClF3N2O4SSi. The monoisotopic (exact) mass is 470 g/mol. The van der Waals surface area contributed by atoms with Gasteiger partial charge in [0.1, 0.15) is 6.73 Å². The van der Waals surface area contributed by atoms with E-state index < -0.39 is 29.4 Å². The van der Waals surface area contributed by atoms with Gasteiger partial charge in [0, 0.05) is 14.7 Å². The normalized spacial score (nSPS) is 15.8. The number of hydrogen-bond donors (Lipinski definition) is 0. The molecule has 29 heavy (non-hydrogen) atoms. The van der Waals surface area contributed by atoms with Gasteiger partial charge < -0.3 is 8.92 Å². The highest BCUT2D eigenvalue weighted by atomic mass is 35.5. The summed E-state index contributed by atoms with van der Waals surface area (Å²) in [5.74, 6) is -0.467. The molecule has 2 aromatic rings. The molecule has 6 nitrogen and oxygen atoms in total. The fourth-order valence-corrected chi connectivity index (χ4v) is 4.33. The van der Waals surface area contributed by atoms with Gasteiger partial charge in [-0.3, -0.25) is 0 Å². The molecule has 0 radical (unpaired) electrons. The molecule has 1 aromatic carbocycles. The molecule has 0 spiro atoms. The maximum absolute atomic E-state index is 12.9. The molecule has 162 valence electrons. The van der Waals surface area contributed by atoms with Crippen molar-refractivity contribution in [2.45, 2.75) is 56.7 Å². The van der Waals surface area contributed by atoms with Crippen molar-refractivity contribution >= 4 is 40.7 Å². The standard InChI is InChI=1S/C17H22ClF3N2O4SSi/c1-29(2,3)9-8-26-10-23-13-7-6-12(11-4-5-11)15(14(13)16(18)22-23)27-28(24,25)17(19,20)21/h6-7,11H,4-5,8-10H2,1-3H3. The highest BCUT2D eigenvalue weighted by molar-refractivity contribution is 7.88. The third kappa shape index (κ3) is 5.07. The highest BCUT2D eigenvalue weighted by Crippen LogP contribution is 2.49. The SMILES string of the molecule is C[Si](C)(C)CCOCn1nc(Cl)c2c(OS(=O)(=O)C(F)(F)F)c(C3CC3)ccc21. The van der Waals surface area contributed by atoms with Crippen LogP contribution in [0.1, 0.15) is 24.3 Å². The lowest BCUT2D eigenvalue weighted by Crippen LogP contribution is -2.28. The summed E-state index contributed by atoms with van der Waals surface area (Å²) in [6.07, 6.45) is 1.47. The summed E-state index contributed by atoms with van der Waals surface area (Å²) in [7, 11) is -7.12. The molecule has 0 bridgehead atoms. The van der Waals surface area contributed by atoms with Crippen molar-refractivity contribution in [3.05, 3.63) is 22.8 Å². The van der Waals surface area contributed by atoms with Crippen molar-refractivity contribution in [2.24, 2.45) is 0 Å². The maximum atomic E-state index is 12.9. The summed E-state index contributed by atoms with van der Waals surface area (Å²) >= 11 is 6.17. The van der Waals surface area contributed by atoms with Crippen molar-refractivity contribution in [1.82, 2.24) is 9.78 Å². The number of alkyl halides is 3. The molecule has 0 N–H and O–H groups in total. The first-order chi connectivity index (χ1) is 13.3. The van der Waals surface area contributed by atoms with Crippen molar-refractivity contribution in [3.63, 3.8) is 0 Å². The molecule has 1 saturated carbocycles. The predicted molar refractivity (Wildman–Crippen MR) is 106 cm³/mol. The number of halogens is 4. The molecule has 0 amide bonds. The van der Waals surface area contributed by atoms with Gasteiger partial charge in [0.05, 0.1) is 10.9 Å². The number of nitrogens with zero attached hydrogens (tertiary/aromatic N) is 2. The molecule has 0 saturated heterocycles. The number of ether oxygens (including phenoxy) is 1. The van der Waals surface area contributed by atoms with Crippen molar-refractivity contribution < 1.29 is 30.5 Å². The highest BCUT2D eigenvalue weighted by Gasteiger charge is 2.49. The summed E-state index contributed by atoms with van der Waals surface area (Å²) in [5, 5.41) is 4.01. The fraction of sp³-hybridized carbons (Fsp3) is 0.588. The van der Waals surface area contributed by atoms with Crippen molar-refractivity contribution in [2.75, 3.05) is 6.61 Å². The van der Waals surface area contributed by atoms with Gasteiger partial charge in [-0.2, -0.15) is 26.7 Å². The van der Waals surface area contributed by atoms with Gasteiger partial charge in [-0.1, -0.05) is 37.3 Å². The smallest absolute Gasteiger partial charge is 0.375 e. The topological polar surface area (TPSA) is 70.4 Å². The third-order valence-electron chi connectivity index (χ3n) is 4.56. The van der Waals surface area contributed by atoms with E-state index in [2.05, 4.69) is 28.9 Å². The Morgan fingerprint density at radius 2 is 1.93 bits per heavy atom. The second-order valence-corrected chi connectivity index (χ2v) is 15.8. The van der Waals surface area contributed by atoms with E-state index >= 15 is 0 Å². The van der Waals surface area contributed by atoms with E-state index in [1.54, 1.807) is 12.1 Å². The predicted octanol–water partition coefficient (Wildman–Crippen LogP) is 5.11. The van der Waals surface area contributed by atoms with Gasteiger partial charge in [0.2, 0.25) is 0 Å². The van der Waals surface area contributed by atoms with Crippen molar-refractivity contribution in [3.8, 4) is 5.75 Å². The Morgan fingerprint density at radius 3 is 2.48 bits per heavy atom. The van der Waals surface area contributed by atoms with Crippen LogP contribution in [-0.4, -0.2) is 38.4 Å². The summed E-state index contributed by atoms with van der Waals surface area (Å²) in [5.41, 5.74) is -4.82. The van der Waals surface area contributed by atoms with E-state index in [0.29, 0.717) is 17.7 Å². The largest absolute Gasteiger partial charge is 0.534 e. The van der Waals surface area contributed by atoms with Crippen LogP contribution in [0.25, 0.3) is 10.9 Å². The summed E-state index contributed by atoms with van der Waals surface area (Å²) < 4.78 is 73.5. The van der Waals surface area contributed by atoms with E-state index in [4.69, 9.17) is 16.3 Å². The van der Waals surface area contributed by atoms with E-state index in [0.717, 1.165) is 18.9 Å². The molecule has 0 aliphatic heterocycles. The molecule has 1 aliphatic carbocycles. The molecule has 0 atom stereocenters. The molecule has 1 aliphatic rings. The van der Waals surface area contributed by atoms with Crippen LogP contribution in [0, 0.1) is 0 Å². The first kappa shape index (κ1) is 22.4. The maximum Gasteiger partial charge on any atom is 0.534 e. The summed E-state index contributed by atoms with van der Waals surface area (Å²) in [6.45, 7) is 7.19. The summed E-state index contributed by atoms with van der Waals surface area (Å²) in [4.78, 5) is 0. The van der Waals surface area contributed by atoms with Crippen molar-refractivity contribution in [1.29, 1.82) is 0 Å². The van der Waals surface area contributed by atoms with Crippen LogP contribution >= 0.6 is 11.6 Å². The Bertz CT molecular complexity index is 1010. The van der Waals surface area contributed by atoms with E-state index in [1.807, 2.05) is 0 Å². The van der Waals surface area contributed by atoms with Gasteiger partial charge in [0.25, 0.3) is 0 Å². The Labute approximate surface area is 173 Å². The first-order valence-corrected chi connectivity index (χ1v) is 14.6. The Hall–Kier alpha value is -1.30. The quantitative estimate of drug-likeness (QED) is 0.232. The number of rotatable bonds is 8. The van der Waals surface area contributed by atoms with Crippen LogP contribution in [0.3, 0.4) is 0 Å². The molecule has 1 fully saturated rings. The average molecular weight is 471 g/mol. The average Bonchev–Trinajstić information content (AvgIpc) is 3.34. The van der Waals surface area contributed by atoms with Crippen LogP contribution in [0.4, 0.5) is 13.2 Å². The number of aromatic nitrogens is 2. The minimum Gasteiger partial charge on any atom is -0.375 e. The van der Waals surface area contributed by atoms with Gasteiger partial charge >= 0.3 is 15.6 Å². The zero-order valence-corrected chi connectivity index (χ0v) is 18.8. The Balaban J connectivity index is 1.96. The number of hydrogen-bond acceptors (Lipinski definition) is 5. The van der Waals surface area contributed by atoms with Crippen LogP contribution in [0.15, 0.2) is 12.1 Å². The second-order valence-electron chi connectivity index (χ2n) is 8.27. The Morgan fingerprint density at radius 1 is 1.28 bits per heavy atom. The van der Waals surface area contributed by atoms with Gasteiger partial charge in [0.15, 0.2) is 10.9 Å². The lowest BCUT2D eigenvalue weighted by molar-refractivity contribution is -0.0499. The zero-order chi connectivity index (χ0) is 21.6. The minimum atomic E-state index is -5.84. The Kier molecular flexibility index (Phi) is 5.98. The minimum absolute atomic E-state index is 0.0395. The molecule has 1 heterocycles. The first-order valence-electron chi connectivity index (χ1n) is 9.07. The zero-order valence-electron chi connectivity index (χ0n) is 16.2. The van der Waals surface area contributed by atoms with Crippen LogP contribution in [0.2, 0.25) is 30.8 Å². The van der Waals surface area contributed by atoms with E-state index in [9.17, 15) is 21.6 Å². The molecule has 12 heteroatoms. The van der Waals surface area contributed by atoms with Crippen LogP contribution in [0.5, 0.6) is 5.75 Å². The van der Waals surface area contributed by atoms with E-state index in [1.165, 1.54) is 4.68 Å². The number of benzene rings is 1. The molecular weight excluding hydrogens is 449 g/mol. The van der Waals surface area contributed by atoms with Crippen LogP contribution < -0.4 is 4.18 Å².